The van der Waals surface area contributed by atoms with Crippen LogP contribution in [-0.2, 0) is 9.09 Å². The number of rotatable bonds is 3. The molecule has 0 saturated heterocycles. The molecule has 0 bridgehead atoms. The van der Waals surface area contributed by atoms with Crippen molar-refractivity contribution in [1.29, 1.82) is 0 Å². The van der Waals surface area contributed by atoms with Crippen molar-refractivity contribution in [2.45, 2.75) is 53.3 Å². The van der Waals surface area contributed by atoms with Crippen LogP contribution < -0.4 is 0 Å². The van der Waals surface area contributed by atoms with Gasteiger partial charge < -0.3 is 9.42 Å². The van der Waals surface area contributed by atoms with Crippen LogP contribution in [0.5, 0.6) is 0 Å². The summed E-state index contributed by atoms with van der Waals surface area (Å²) in [6, 6.07) is 0. The quantitative estimate of drug-likeness (QED) is 0.725. The third-order valence-electron chi connectivity index (χ3n) is 2.18. The molecule has 0 fully saturated rings. The van der Waals surface area contributed by atoms with Gasteiger partial charge in [0.25, 0.3) is 0 Å². The molecule has 0 aliphatic rings. The Hall–Kier alpha value is 0.150. The fourth-order valence-electron chi connectivity index (χ4n) is 0.506. The Balaban J connectivity index is 4.38. The Morgan fingerprint density at radius 2 is 1.62 bits per heavy atom. The zero-order valence-corrected chi connectivity index (χ0v) is 10.3. The summed E-state index contributed by atoms with van der Waals surface area (Å²) < 4.78 is 16.7. The van der Waals surface area contributed by atoms with Gasteiger partial charge in [-0.1, -0.05) is 34.6 Å². The summed E-state index contributed by atoms with van der Waals surface area (Å²) in [7, 11) is -3.42. The highest BCUT2D eigenvalue weighted by Crippen LogP contribution is 2.50. The molecule has 0 spiro atoms. The molecule has 2 atom stereocenters. The fraction of sp³-hybridized carbons (Fsp3) is 1.00. The molecule has 0 saturated carbocycles. The molecule has 1 N–H and O–H groups in total. The van der Waals surface area contributed by atoms with Crippen LogP contribution in [0.4, 0.5) is 0 Å². The van der Waals surface area contributed by atoms with E-state index in [0.29, 0.717) is 0 Å². The standard InChI is InChI=1S/C9H21O3P/c1-7(2)13(10,11)12-8(3)9(4,5)6/h7-8H,1-6H3,(H,10,11). The van der Waals surface area contributed by atoms with E-state index in [9.17, 15) is 9.46 Å². The maximum absolute atomic E-state index is 11.5. The van der Waals surface area contributed by atoms with Gasteiger partial charge in [0.15, 0.2) is 0 Å². The summed E-state index contributed by atoms with van der Waals surface area (Å²) in [5, 5.41) is 0. The van der Waals surface area contributed by atoms with E-state index in [2.05, 4.69) is 0 Å². The first-order valence-electron chi connectivity index (χ1n) is 4.58. The Morgan fingerprint density at radius 1 is 1.23 bits per heavy atom. The molecular weight excluding hydrogens is 187 g/mol. The zero-order valence-electron chi connectivity index (χ0n) is 9.37. The summed E-state index contributed by atoms with van der Waals surface area (Å²) in [5.41, 5.74) is -0.440. The van der Waals surface area contributed by atoms with Gasteiger partial charge in [-0.25, -0.2) is 0 Å². The first-order valence-corrected chi connectivity index (χ1v) is 6.23. The second-order valence-electron chi connectivity index (χ2n) is 4.77. The summed E-state index contributed by atoms with van der Waals surface area (Å²) in [5.74, 6) is 0. The minimum atomic E-state index is -3.42. The molecule has 0 aliphatic heterocycles. The van der Waals surface area contributed by atoms with E-state index in [-0.39, 0.29) is 17.2 Å². The third-order valence-corrected chi connectivity index (χ3v) is 4.10. The van der Waals surface area contributed by atoms with Gasteiger partial charge in [-0.3, -0.25) is 4.57 Å². The minimum Gasteiger partial charge on any atom is -0.324 e. The van der Waals surface area contributed by atoms with Crippen LogP contribution in [0.1, 0.15) is 41.5 Å². The van der Waals surface area contributed by atoms with E-state index in [1.165, 1.54) is 0 Å². The average Bonchev–Trinajstić information content (AvgIpc) is 1.83. The normalized spacial score (nSPS) is 20.0. The molecule has 4 heteroatoms. The molecule has 0 amide bonds. The largest absolute Gasteiger partial charge is 0.330 e. The molecule has 0 aliphatic carbocycles. The lowest BCUT2D eigenvalue weighted by molar-refractivity contribution is 0.0876. The number of hydrogen-bond acceptors (Lipinski definition) is 2. The number of hydrogen-bond donors (Lipinski definition) is 1. The van der Waals surface area contributed by atoms with E-state index in [4.69, 9.17) is 4.52 Å². The summed E-state index contributed by atoms with van der Waals surface area (Å²) in [6.07, 6.45) is -0.217. The van der Waals surface area contributed by atoms with Crippen LogP contribution in [0.3, 0.4) is 0 Å². The first kappa shape index (κ1) is 13.2. The van der Waals surface area contributed by atoms with Crippen molar-refractivity contribution in [3.63, 3.8) is 0 Å². The van der Waals surface area contributed by atoms with Crippen LogP contribution in [0.2, 0.25) is 0 Å². The van der Waals surface area contributed by atoms with Crippen LogP contribution in [0.25, 0.3) is 0 Å². The molecular formula is C9H21O3P. The Morgan fingerprint density at radius 3 is 1.85 bits per heavy atom. The van der Waals surface area contributed by atoms with E-state index in [1.54, 1.807) is 13.8 Å². The summed E-state index contributed by atoms with van der Waals surface area (Å²) in [6.45, 7) is 11.2. The Kier molecular flexibility index (Phi) is 4.17. The SMILES string of the molecule is CC(OP(=O)(O)C(C)C)C(C)(C)C. The lowest BCUT2D eigenvalue weighted by Crippen LogP contribution is -2.26. The van der Waals surface area contributed by atoms with Gasteiger partial charge in [-0.2, -0.15) is 0 Å². The molecule has 0 aromatic heterocycles. The second kappa shape index (κ2) is 4.12. The molecule has 2 unspecified atom stereocenters. The van der Waals surface area contributed by atoms with Gasteiger partial charge >= 0.3 is 7.60 Å². The minimum absolute atomic E-state index is 0.104. The van der Waals surface area contributed by atoms with E-state index in [0.717, 1.165) is 0 Å². The molecule has 0 heterocycles. The maximum Gasteiger partial charge on any atom is 0.330 e. The van der Waals surface area contributed by atoms with Crippen molar-refractivity contribution >= 4 is 7.60 Å². The van der Waals surface area contributed by atoms with Crippen LogP contribution in [0, 0.1) is 5.41 Å². The van der Waals surface area contributed by atoms with Gasteiger partial charge in [-0.05, 0) is 12.3 Å². The molecule has 0 rings (SSSR count). The fourth-order valence-corrected chi connectivity index (χ4v) is 1.52. The smallest absolute Gasteiger partial charge is 0.324 e. The Bertz CT molecular complexity index is 205. The van der Waals surface area contributed by atoms with Crippen molar-refractivity contribution in [3.8, 4) is 0 Å². The molecule has 80 valence electrons. The maximum atomic E-state index is 11.5. The highest BCUT2D eigenvalue weighted by atomic mass is 31.2. The van der Waals surface area contributed by atoms with Gasteiger partial charge in [0.2, 0.25) is 0 Å². The topological polar surface area (TPSA) is 46.5 Å². The van der Waals surface area contributed by atoms with E-state index >= 15 is 0 Å². The predicted octanol–water partition coefficient (Wildman–Crippen LogP) is 3.03. The summed E-state index contributed by atoms with van der Waals surface area (Å²) >= 11 is 0. The second-order valence-corrected chi connectivity index (χ2v) is 7.14. The van der Waals surface area contributed by atoms with Crippen molar-refractivity contribution in [3.05, 3.63) is 0 Å². The Labute approximate surface area is 81.0 Å². The molecule has 0 aromatic rings. The highest BCUT2D eigenvalue weighted by Gasteiger charge is 2.31. The van der Waals surface area contributed by atoms with Crippen molar-refractivity contribution < 1.29 is 14.0 Å². The lowest BCUT2D eigenvalue weighted by atomic mass is 9.91. The van der Waals surface area contributed by atoms with Crippen LogP contribution in [0.15, 0.2) is 0 Å². The van der Waals surface area contributed by atoms with Gasteiger partial charge in [0, 0.05) is 0 Å². The molecule has 0 aromatic carbocycles. The highest BCUT2D eigenvalue weighted by molar-refractivity contribution is 7.53. The molecule has 3 nitrogen and oxygen atoms in total. The van der Waals surface area contributed by atoms with Gasteiger partial charge in [-0.15, -0.1) is 0 Å². The van der Waals surface area contributed by atoms with Crippen molar-refractivity contribution in [1.82, 2.24) is 0 Å². The van der Waals surface area contributed by atoms with Crippen LogP contribution >= 0.6 is 7.60 Å². The van der Waals surface area contributed by atoms with Gasteiger partial charge in [0.05, 0.1) is 11.8 Å². The van der Waals surface area contributed by atoms with Gasteiger partial charge in [0.1, 0.15) is 0 Å². The van der Waals surface area contributed by atoms with Crippen LogP contribution in [-0.4, -0.2) is 16.7 Å². The zero-order chi connectivity index (χ0) is 10.9. The van der Waals surface area contributed by atoms with E-state index in [1.807, 2.05) is 27.7 Å². The van der Waals surface area contributed by atoms with Crippen molar-refractivity contribution in [2.75, 3.05) is 0 Å². The van der Waals surface area contributed by atoms with E-state index < -0.39 is 7.60 Å². The monoisotopic (exact) mass is 208 g/mol. The molecule has 0 radical (unpaired) electrons. The van der Waals surface area contributed by atoms with Crippen molar-refractivity contribution in [2.24, 2.45) is 5.41 Å². The average molecular weight is 208 g/mol. The molecule has 13 heavy (non-hydrogen) atoms. The lowest BCUT2D eigenvalue weighted by Gasteiger charge is -2.30. The predicted molar refractivity (Wildman–Crippen MR) is 55.0 cm³/mol. The third kappa shape index (κ3) is 4.26. The first-order chi connectivity index (χ1) is 5.57. The summed E-state index contributed by atoms with van der Waals surface area (Å²) in [4.78, 5) is 9.46.